The topological polar surface area (TPSA) is 24.7 Å². The van der Waals surface area contributed by atoms with Gasteiger partial charge in [-0.3, -0.25) is 0 Å². The van der Waals surface area contributed by atoms with Gasteiger partial charge in [0.2, 0.25) is 0 Å². The molecule has 2 rings (SSSR count). The molecule has 1 unspecified atom stereocenters. The van der Waals surface area contributed by atoms with Crippen molar-refractivity contribution in [2.24, 2.45) is 10.8 Å². The molecule has 2 N–H and O–H groups in total. The first-order valence-electron chi connectivity index (χ1n) is 6.86. The number of aliphatic hydroxyl groups excluding tert-OH is 1. The van der Waals surface area contributed by atoms with E-state index in [-0.39, 0.29) is 6.10 Å². The summed E-state index contributed by atoms with van der Waals surface area (Å²) in [6.45, 7) is 11.6. The van der Waals surface area contributed by atoms with Crippen molar-refractivity contribution in [2.75, 3.05) is 13.1 Å². The van der Waals surface area contributed by atoms with E-state index in [9.17, 15) is 5.11 Å². The number of likely N-dealkylation sites (tertiary alicyclic amines) is 1. The average molecular weight is 226 g/mol. The highest BCUT2D eigenvalue weighted by Gasteiger charge is 2.52. The van der Waals surface area contributed by atoms with Crippen LogP contribution in [-0.2, 0) is 0 Å². The number of aliphatic hydroxyl groups is 1. The minimum atomic E-state index is -0.0962. The molecular formula is C14H28NO+. The van der Waals surface area contributed by atoms with Crippen LogP contribution in [0.2, 0.25) is 0 Å². The normalized spacial score (nSPS) is 43.3. The van der Waals surface area contributed by atoms with Gasteiger partial charge >= 0.3 is 0 Å². The highest BCUT2D eigenvalue weighted by atomic mass is 16.3. The van der Waals surface area contributed by atoms with Crippen LogP contribution in [0.15, 0.2) is 0 Å². The molecule has 0 amide bonds. The van der Waals surface area contributed by atoms with Gasteiger partial charge in [-0.25, -0.2) is 0 Å². The number of hydrogen-bond acceptors (Lipinski definition) is 1. The van der Waals surface area contributed by atoms with Gasteiger partial charge in [0, 0.05) is 18.3 Å². The highest BCUT2D eigenvalue weighted by molar-refractivity contribution is 4.95. The van der Waals surface area contributed by atoms with Crippen molar-refractivity contribution in [3.63, 3.8) is 0 Å². The lowest BCUT2D eigenvalue weighted by Gasteiger charge is -2.37. The summed E-state index contributed by atoms with van der Waals surface area (Å²) in [5, 5.41) is 9.83. The largest absolute Gasteiger partial charge is 0.387 e. The Hall–Kier alpha value is -0.0800. The molecule has 2 heteroatoms. The highest BCUT2D eigenvalue weighted by Crippen LogP contribution is 2.47. The van der Waals surface area contributed by atoms with Gasteiger partial charge in [-0.2, -0.15) is 0 Å². The van der Waals surface area contributed by atoms with Crippen molar-refractivity contribution >= 4 is 0 Å². The van der Waals surface area contributed by atoms with E-state index in [0.717, 1.165) is 19.0 Å². The summed E-state index contributed by atoms with van der Waals surface area (Å²) in [4.78, 5) is 1.67. The maximum atomic E-state index is 9.83. The molecule has 0 radical (unpaired) electrons. The molecule has 1 aliphatic carbocycles. The van der Waals surface area contributed by atoms with E-state index in [1.807, 2.05) is 0 Å². The van der Waals surface area contributed by atoms with Gasteiger partial charge in [0.25, 0.3) is 0 Å². The maximum absolute atomic E-state index is 9.83. The molecule has 1 heterocycles. The fraction of sp³-hybridized carbons (Fsp3) is 1.00. The van der Waals surface area contributed by atoms with Crippen molar-refractivity contribution in [1.82, 2.24) is 0 Å². The van der Waals surface area contributed by atoms with E-state index in [0.29, 0.717) is 10.8 Å². The molecule has 16 heavy (non-hydrogen) atoms. The van der Waals surface area contributed by atoms with E-state index >= 15 is 0 Å². The van der Waals surface area contributed by atoms with Crippen LogP contribution in [0.1, 0.15) is 53.4 Å². The summed E-state index contributed by atoms with van der Waals surface area (Å²) in [5.41, 5.74) is 1.05. The van der Waals surface area contributed by atoms with Crippen LogP contribution < -0.4 is 4.90 Å². The summed E-state index contributed by atoms with van der Waals surface area (Å²) < 4.78 is 0. The second kappa shape index (κ2) is 3.99. The van der Waals surface area contributed by atoms with Crippen LogP contribution in [0.3, 0.4) is 0 Å². The lowest BCUT2D eigenvalue weighted by atomic mass is 9.65. The van der Waals surface area contributed by atoms with Crippen LogP contribution in [0.25, 0.3) is 0 Å². The molecule has 1 saturated carbocycles. The molecule has 94 valence electrons. The molecule has 2 aliphatic rings. The third-order valence-corrected chi connectivity index (χ3v) is 4.64. The maximum Gasteiger partial charge on any atom is 0.104 e. The number of hydrogen-bond donors (Lipinski definition) is 2. The smallest absolute Gasteiger partial charge is 0.104 e. The van der Waals surface area contributed by atoms with E-state index in [1.165, 1.54) is 25.8 Å². The first-order valence-corrected chi connectivity index (χ1v) is 6.86. The fourth-order valence-electron chi connectivity index (χ4n) is 4.44. The second-order valence-electron chi connectivity index (χ2n) is 7.36. The second-order valence-corrected chi connectivity index (χ2v) is 7.36. The number of fused-ring (bicyclic) bond motifs is 2. The quantitative estimate of drug-likeness (QED) is 0.743. The molecule has 2 nitrogen and oxygen atoms in total. The van der Waals surface area contributed by atoms with Gasteiger partial charge in [-0.05, 0) is 18.3 Å². The van der Waals surface area contributed by atoms with Crippen LogP contribution in [0, 0.1) is 10.8 Å². The Morgan fingerprint density at radius 2 is 2.00 bits per heavy atom. The zero-order valence-corrected chi connectivity index (χ0v) is 11.3. The van der Waals surface area contributed by atoms with E-state index in [2.05, 4.69) is 27.7 Å². The van der Waals surface area contributed by atoms with Crippen LogP contribution >= 0.6 is 0 Å². The zero-order valence-electron chi connectivity index (χ0n) is 11.3. The molecule has 0 aromatic heterocycles. The summed E-state index contributed by atoms with van der Waals surface area (Å²) >= 11 is 0. The first kappa shape index (κ1) is 12.4. The monoisotopic (exact) mass is 226 g/mol. The molecule has 4 atom stereocenters. The molecule has 1 saturated heterocycles. The first-order chi connectivity index (χ1) is 7.34. The Morgan fingerprint density at radius 1 is 1.31 bits per heavy atom. The summed E-state index contributed by atoms with van der Waals surface area (Å²) in [5.74, 6) is 0. The Kier molecular flexibility index (Phi) is 3.09. The Morgan fingerprint density at radius 3 is 2.62 bits per heavy atom. The Balaban J connectivity index is 2.04. The number of quaternary nitrogens is 1. The molecule has 0 aromatic rings. The predicted octanol–water partition coefficient (Wildman–Crippen LogP) is 1.24. The molecular weight excluding hydrogens is 198 g/mol. The lowest BCUT2D eigenvalue weighted by Crippen LogP contribution is -3.15. The van der Waals surface area contributed by atoms with Gasteiger partial charge in [-0.1, -0.05) is 27.7 Å². The minimum Gasteiger partial charge on any atom is -0.387 e. The van der Waals surface area contributed by atoms with Gasteiger partial charge in [0.05, 0.1) is 12.6 Å². The third-order valence-electron chi connectivity index (χ3n) is 4.64. The summed E-state index contributed by atoms with van der Waals surface area (Å²) in [6.07, 6.45) is 4.89. The SMILES string of the molecule is CC[C@H](O)C[NH+]1C[C@]2(C)C[C@H]1CC(C)(C)C2. The molecule has 2 fully saturated rings. The van der Waals surface area contributed by atoms with Gasteiger partial charge in [0.1, 0.15) is 12.6 Å². The molecule has 1 aliphatic heterocycles. The minimum absolute atomic E-state index is 0.0962. The van der Waals surface area contributed by atoms with Crippen LogP contribution in [0.5, 0.6) is 0 Å². The standard InChI is InChI=1S/C14H27NO/c1-5-12(16)8-15-10-14(4)7-11(15)6-13(2,3)9-14/h11-12,16H,5-10H2,1-4H3/p+1/t11-,12+,14-/m1/s1. The summed E-state index contributed by atoms with van der Waals surface area (Å²) in [7, 11) is 0. The summed E-state index contributed by atoms with van der Waals surface area (Å²) in [6, 6.07) is 0.801. The number of rotatable bonds is 3. The third kappa shape index (κ3) is 2.43. The van der Waals surface area contributed by atoms with Crippen molar-refractivity contribution in [2.45, 2.75) is 65.5 Å². The lowest BCUT2D eigenvalue weighted by molar-refractivity contribution is -0.917. The van der Waals surface area contributed by atoms with E-state index in [1.54, 1.807) is 4.90 Å². The van der Waals surface area contributed by atoms with Gasteiger partial charge in [0.15, 0.2) is 0 Å². The average Bonchev–Trinajstić information content (AvgIpc) is 2.35. The Labute approximate surface area is 100 Å². The zero-order chi connectivity index (χ0) is 12.0. The molecule has 0 spiro atoms. The van der Waals surface area contributed by atoms with E-state index in [4.69, 9.17) is 0 Å². The molecule has 0 aromatic carbocycles. The van der Waals surface area contributed by atoms with Crippen molar-refractivity contribution < 1.29 is 10.0 Å². The van der Waals surface area contributed by atoms with E-state index < -0.39 is 0 Å². The molecule has 2 bridgehead atoms. The van der Waals surface area contributed by atoms with Crippen LogP contribution in [0.4, 0.5) is 0 Å². The van der Waals surface area contributed by atoms with Crippen molar-refractivity contribution in [1.29, 1.82) is 0 Å². The van der Waals surface area contributed by atoms with Crippen LogP contribution in [-0.4, -0.2) is 30.3 Å². The van der Waals surface area contributed by atoms with Gasteiger partial charge in [-0.15, -0.1) is 0 Å². The van der Waals surface area contributed by atoms with Crippen molar-refractivity contribution in [3.8, 4) is 0 Å². The fourth-order valence-corrected chi connectivity index (χ4v) is 4.44. The van der Waals surface area contributed by atoms with Crippen molar-refractivity contribution in [3.05, 3.63) is 0 Å². The van der Waals surface area contributed by atoms with Gasteiger partial charge < -0.3 is 10.0 Å². The Bertz CT molecular complexity index is 263. The predicted molar refractivity (Wildman–Crippen MR) is 66.5 cm³/mol. The number of nitrogens with one attached hydrogen (secondary N) is 1.